The maximum absolute atomic E-state index is 5.62. The third-order valence-corrected chi connectivity index (χ3v) is 3.35. The standard InChI is InChI=1S/C14H18N4O2/c1-9-7-11-12(20-6-5-19-11)8-10(9)14-16-13(3-4-15)18(2)17-14/h7-8H,3-6,15H2,1-2H3. The number of aryl methyl sites for hydroxylation is 2. The summed E-state index contributed by atoms with van der Waals surface area (Å²) in [5.41, 5.74) is 7.62. The van der Waals surface area contributed by atoms with E-state index in [-0.39, 0.29) is 0 Å². The van der Waals surface area contributed by atoms with E-state index in [2.05, 4.69) is 10.1 Å². The molecule has 1 aliphatic rings. The Morgan fingerprint density at radius 2 is 1.95 bits per heavy atom. The lowest BCUT2D eigenvalue weighted by molar-refractivity contribution is 0.171. The van der Waals surface area contributed by atoms with Crippen molar-refractivity contribution >= 4 is 0 Å². The Bertz CT molecular complexity index is 636. The van der Waals surface area contributed by atoms with Gasteiger partial charge in [0.1, 0.15) is 19.0 Å². The van der Waals surface area contributed by atoms with Crippen LogP contribution in [0.25, 0.3) is 11.4 Å². The van der Waals surface area contributed by atoms with E-state index in [0.717, 1.165) is 28.5 Å². The molecule has 2 N–H and O–H groups in total. The van der Waals surface area contributed by atoms with Crippen LogP contribution in [0.15, 0.2) is 12.1 Å². The first-order chi connectivity index (χ1) is 9.69. The predicted molar refractivity (Wildman–Crippen MR) is 74.9 cm³/mol. The zero-order valence-corrected chi connectivity index (χ0v) is 11.7. The fraction of sp³-hybridized carbons (Fsp3) is 0.429. The zero-order chi connectivity index (χ0) is 14.1. The van der Waals surface area contributed by atoms with Crippen LogP contribution in [0.2, 0.25) is 0 Å². The van der Waals surface area contributed by atoms with Crippen molar-refractivity contribution in [2.75, 3.05) is 19.8 Å². The summed E-state index contributed by atoms with van der Waals surface area (Å²) < 4.78 is 13.0. The van der Waals surface area contributed by atoms with Crippen molar-refractivity contribution in [3.05, 3.63) is 23.5 Å². The molecule has 0 bridgehead atoms. The van der Waals surface area contributed by atoms with Gasteiger partial charge >= 0.3 is 0 Å². The second-order valence-corrected chi connectivity index (χ2v) is 4.82. The molecule has 0 atom stereocenters. The van der Waals surface area contributed by atoms with Gasteiger partial charge < -0.3 is 15.2 Å². The number of hydrogen-bond acceptors (Lipinski definition) is 5. The number of hydrogen-bond donors (Lipinski definition) is 1. The fourth-order valence-electron chi connectivity index (χ4n) is 2.31. The normalized spacial score (nSPS) is 13.6. The molecule has 2 aromatic rings. The smallest absolute Gasteiger partial charge is 0.181 e. The minimum absolute atomic E-state index is 0.562. The maximum Gasteiger partial charge on any atom is 0.181 e. The van der Waals surface area contributed by atoms with Gasteiger partial charge in [-0.15, -0.1) is 0 Å². The van der Waals surface area contributed by atoms with Crippen molar-refractivity contribution in [2.45, 2.75) is 13.3 Å². The lowest BCUT2D eigenvalue weighted by atomic mass is 10.1. The molecule has 20 heavy (non-hydrogen) atoms. The number of benzene rings is 1. The molecule has 1 aromatic heterocycles. The van der Waals surface area contributed by atoms with E-state index in [0.29, 0.717) is 32.0 Å². The second kappa shape index (κ2) is 5.13. The third kappa shape index (κ3) is 2.22. The molecule has 0 saturated heterocycles. The van der Waals surface area contributed by atoms with Crippen LogP contribution in [0.1, 0.15) is 11.4 Å². The lowest BCUT2D eigenvalue weighted by Gasteiger charge is -2.19. The highest BCUT2D eigenvalue weighted by molar-refractivity contribution is 5.65. The molecular weight excluding hydrogens is 256 g/mol. The molecule has 0 saturated carbocycles. The third-order valence-electron chi connectivity index (χ3n) is 3.35. The average Bonchev–Trinajstić information content (AvgIpc) is 2.80. The Balaban J connectivity index is 2.03. The van der Waals surface area contributed by atoms with Crippen molar-refractivity contribution in [3.8, 4) is 22.9 Å². The fourth-order valence-corrected chi connectivity index (χ4v) is 2.31. The largest absolute Gasteiger partial charge is 0.486 e. The van der Waals surface area contributed by atoms with Gasteiger partial charge in [-0.05, 0) is 31.2 Å². The highest BCUT2D eigenvalue weighted by atomic mass is 16.6. The molecule has 0 radical (unpaired) electrons. The van der Waals surface area contributed by atoms with Crippen molar-refractivity contribution < 1.29 is 9.47 Å². The highest BCUT2D eigenvalue weighted by Crippen LogP contribution is 2.36. The van der Waals surface area contributed by atoms with E-state index in [4.69, 9.17) is 15.2 Å². The Hall–Kier alpha value is -2.08. The maximum atomic E-state index is 5.62. The second-order valence-electron chi connectivity index (χ2n) is 4.82. The monoisotopic (exact) mass is 274 g/mol. The molecule has 0 aliphatic carbocycles. The SMILES string of the molecule is Cc1cc2c(cc1-c1nc(CCN)n(C)n1)OCCO2. The van der Waals surface area contributed by atoms with E-state index < -0.39 is 0 Å². The Morgan fingerprint density at radius 1 is 1.25 bits per heavy atom. The van der Waals surface area contributed by atoms with Gasteiger partial charge in [-0.3, -0.25) is 4.68 Å². The van der Waals surface area contributed by atoms with E-state index in [9.17, 15) is 0 Å². The molecule has 0 spiro atoms. The first-order valence-electron chi connectivity index (χ1n) is 6.69. The van der Waals surface area contributed by atoms with Gasteiger partial charge in [-0.25, -0.2) is 4.98 Å². The van der Waals surface area contributed by atoms with E-state index in [1.807, 2.05) is 26.1 Å². The van der Waals surface area contributed by atoms with E-state index >= 15 is 0 Å². The molecule has 1 aliphatic heterocycles. The van der Waals surface area contributed by atoms with Crippen LogP contribution < -0.4 is 15.2 Å². The lowest BCUT2D eigenvalue weighted by Crippen LogP contribution is -2.15. The van der Waals surface area contributed by atoms with Crippen LogP contribution in [-0.4, -0.2) is 34.5 Å². The summed E-state index contributed by atoms with van der Waals surface area (Å²) >= 11 is 0. The molecular formula is C14H18N4O2. The summed E-state index contributed by atoms with van der Waals surface area (Å²) in [7, 11) is 1.88. The van der Waals surface area contributed by atoms with Gasteiger partial charge in [0, 0.05) is 19.0 Å². The number of nitrogens with zero attached hydrogens (tertiary/aromatic N) is 3. The Kier molecular flexibility index (Phi) is 3.31. The summed E-state index contributed by atoms with van der Waals surface area (Å²) in [6.45, 7) is 3.75. The van der Waals surface area contributed by atoms with Crippen molar-refractivity contribution in [3.63, 3.8) is 0 Å². The van der Waals surface area contributed by atoms with Crippen molar-refractivity contribution in [1.82, 2.24) is 14.8 Å². The van der Waals surface area contributed by atoms with Gasteiger partial charge in [0.05, 0.1) is 0 Å². The van der Waals surface area contributed by atoms with Crippen molar-refractivity contribution in [2.24, 2.45) is 12.8 Å². The predicted octanol–water partition coefficient (Wildman–Crippen LogP) is 1.06. The minimum atomic E-state index is 0.562. The van der Waals surface area contributed by atoms with Gasteiger partial charge in [-0.1, -0.05) is 0 Å². The first-order valence-corrected chi connectivity index (χ1v) is 6.69. The Morgan fingerprint density at radius 3 is 2.65 bits per heavy atom. The molecule has 1 aromatic carbocycles. The minimum Gasteiger partial charge on any atom is -0.486 e. The Labute approximate surface area is 117 Å². The van der Waals surface area contributed by atoms with Crippen LogP contribution >= 0.6 is 0 Å². The van der Waals surface area contributed by atoms with Gasteiger partial charge in [-0.2, -0.15) is 5.10 Å². The van der Waals surface area contributed by atoms with Gasteiger partial charge in [0.2, 0.25) is 0 Å². The number of nitrogens with two attached hydrogens (primary N) is 1. The quantitative estimate of drug-likeness (QED) is 0.906. The first kappa shape index (κ1) is 12.9. The van der Waals surface area contributed by atoms with Gasteiger partial charge in [0.15, 0.2) is 17.3 Å². The van der Waals surface area contributed by atoms with Crippen LogP contribution in [-0.2, 0) is 13.5 Å². The molecule has 0 unspecified atom stereocenters. The van der Waals surface area contributed by atoms with Gasteiger partial charge in [0.25, 0.3) is 0 Å². The number of aromatic nitrogens is 3. The zero-order valence-electron chi connectivity index (χ0n) is 11.7. The summed E-state index contributed by atoms with van der Waals surface area (Å²) in [5.74, 6) is 3.13. The molecule has 3 rings (SSSR count). The summed E-state index contributed by atoms with van der Waals surface area (Å²) in [6.07, 6.45) is 0.715. The van der Waals surface area contributed by atoms with E-state index in [1.54, 1.807) is 4.68 Å². The van der Waals surface area contributed by atoms with E-state index in [1.165, 1.54) is 0 Å². The highest BCUT2D eigenvalue weighted by Gasteiger charge is 2.18. The number of fused-ring (bicyclic) bond motifs is 1. The van der Waals surface area contributed by atoms with Crippen LogP contribution in [0.5, 0.6) is 11.5 Å². The summed E-state index contributed by atoms with van der Waals surface area (Å²) in [4.78, 5) is 4.56. The molecule has 0 amide bonds. The van der Waals surface area contributed by atoms with Crippen molar-refractivity contribution in [1.29, 1.82) is 0 Å². The van der Waals surface area contributed by atoms with Crippen LogP contribution in [0.4, 0.5) is 0 Å². The molecule has 106 valence electrons. The molecule has 0 fully saturated rings. The average molecular weight is 274 g/mol. The summed E-state index contributed by atoms with van der Waals surface area (Å²) in [5, 5.41) is 4.46. The molecule has 6 heteroatoms. The van der Waals surface area contributed by atoms with Crippen LogP contribution in [0.3, 0.4) is 0 Å². The number of rotatable bonds is 3. The van der Waals surface area contributed by atoms with Crippen LogP contribution in [0, 0.1) is 6.92 Å². The molecule has 2 heterocycles. The topological polar surface area (TPSA) is 75.2 Å². The molecule has 6 nitrogen and oxygen atoms in total. The summed E-state index contributed by atoms with van der Waals surface area (Å²) in [6, 6.07) is 3.92. The number of ether oxygens (including phenoxy) is 2.